The second-order valence-electron chi connectivity index (χ2n) is 6.88. The Hall–Kier alpha value is -0.870. The van der Waals surface area contributed by atoms with Crippen LogP contribution in [0.3, 0.4) is 0 Å². The van der Waals surface area contributed by atoms with Gasteiger partial charge in [-0.05, 0) is 31.6 Å². The lowest BCUT2D eigenvalue weighted by Gasteiger charge is -2.38. The van der Waals surface area contributed by atoms with Crippen LogP contribution >= 0.6 is 0 Å². The number of allylic oxidation sites excluding steroid dienone is 1. The zero-order valence-corrected chi connectivity index (χ0v) is 15.2. The van der Waals surface area contributed by atoms with E-state index in [1.807, 2.05) is 13.0 Å². The van der Waals surface area contributed by atoms with Crippen LogP contribution in [-0.2, 0) is 19.0 Å². The van der Waals surface area contributed by atoms with Crippen molar-refractivity contribution in [2.24, 2.45) is 10.8 Å². The topological polar surface area (TPSA) is 44.8 Å². The largest absolute Gasteiger partial charge is 0.466 e. The van der Waals surface area contributed by atoms with Crippen molar-refractivity contribution in [3.63, 3.8) is 0 Å². The molecule has 0 aliphatic carbocycles. The van der Waals surface area contributed by atoms with Crippen LogP contribution in [0.15, 0.2) is 12.7 Å². The van der Waals surface area contributed by atoms with Gasteiger partial charge in [0.2, 0.25) is 0 Å². The minimum atomic E-state index is -0.571. The first-order chi connectivity index (χ1) is 10.3. The molecule has 130 valence electrons. The fourth-order valence-corrected chi connectivity index (χ4v) is 2.72. The Kier molecular flexibility index (Phi) is 9.61. The first-order valence-corrected chi connectivity index (χ1v) is 8.16. The molecule has 0 N–H and O–H groups in total. The summed E-state index contributed by atoms with van der Waals surface area (Å²) < 4.78 is 16.3. The number of rotatable bonds is 11. The molecule has 0 heterocycles. The van der Waals surface area contributed by atoms with Crippen LogP contribution in [0.2, 0.25) is 0 Å². The summed E-state index contributed by atoms with van der Waals surface area (Å²) in [5, 5.41) is 0. The fraction of sp³-hybridized carbons (Fsp3) is 0.833. The molecule has 0 radical (unpaired) electrons. The van der Waals surface area contributed by atoms with Gasteiger partial charge >= 0.3 is 5.97 Å². The maximum atomic E-state index is 12.6. The van der Waals surface area contributed by atoms with Gasteiger partial charge in [0.15, 0.2) is 0 Å². The monoisotopic (exact) mass is 314 g/mol. The smallest absolute Gasteiger partial charge is 0.312 e. The van der Waals surface area contributed by atoms with Crippen LogP contribution in [0.1, 0.15) is 60.3 Å². The van der Waals surface area contributed by atoms with Crippen LogP contribution in [0, 0.1) is 10.8 Å². The first kappa shape index (κ1) is 21.1. The quantitative estimate of drug-likeness (QED) is 0.323. The molecule has 0 fully saturated rings. The van der Waals surface area contributed by atoms with Crippen LogP contribution in [-0.4, -0.2) is 32.6 Å². The van der Waals surface area contributed by atoms with Gasteiger partial charge in [-0.15, -0.1) is 6.58 Å². The third-order valence-electron chi connectivity index (χ3n) is 3.90. The highest BCUT2D eigenvalue weighted by Gasteiger charge is 2.43. The van der Waals surface area contributed by atoms with Gasteiger partial charge in [0.25, 0.3) is 0 Å². The summed E-state index contributed by atoms with van der Waals surface area (Å²) in [7, 11) is 1.61. The highest BCUT2D eigenvalue weighted by Crippen LogP contribution is 2.40. The standard InChI is InChI=1S/C18H34O4/c1-8-11-18(12-9-2,16(19)21-10-3)13-15(17(4,5)6)22-14-20-7/h8,15H,1,9-14H2,2-7H3/t15-,18-/m1/s1. The number of methoxy groups -OCH3 is 1. The summed E-state index contributed by atoms with van der Waals surface area (Å²) in [4.78, 5) is 12.6. The molecule has 0 unspecified atom stereocenters. The molecule has 0 aromatic rings. The lowest BCUT2D eigenvalue weighted by Crippen LogP contribution is -2.41. The van der Waals surface area contributed by atoms with Crippen molar-refractivity contribution in [1.82, 2.24) is 0 Å². The van der Waals surface area contributed by atoms with Crippen LogP contribution < -0.4 is 0 Å². The van der Waals surface area contributed by atoms with Crippen molar-refractivity contribution in [3.8, 4) is 0 Å². The number of ether oxygens (including phenoxy) is 3. The molecule has 0 aromatic carbocycles. The maximum absolute atomic E-state index is 12.6. The summed E-state index contributed by atoms with van der Waals surface area (Å²) in [6, 6.07) is 0. The SMILES string of the molecule is C=CC[C@@](CCC)(C[C@@H](OCOC)C(C)(C)C)C(=O)OCC. The molecule has 0 spiro atoms. The number of carbonyl (C=O) groups excluding carboxylic acids is 1. The molecule has 2 atom stereocenters. The van der Waals surface area contributed by atoms with E-state index in [1.165, 1.54) is 0 Å². The second kappa shape index (κ2) is 10.0. The van der Waals surface area contributed by atoms with Crippen molar-refractivity contribution in [1.29, 1.82) is 0 Å². The molecule has 4 heteroatoms. The van der Waals surface area contributed by atoms with Gasteiger partial charge in [0.05, 0.1) is 18.1 Å². The second-order valence-corrected chi connectivity index (χ2v) is 6.88. The van der Waals surface area contributed by atoms with Gasteiger partial charge in [0, 0.05) is 7.11 Å². The third kappa shape index (κ3) is 6.49. The number of hydrogen-bond acceptors (Lipinski definition) is 4. The van der Waals surface area contributed by atoms with Gasteiger partial charge in [-0.2, -0.15) is 0 Å². The zero-order chi connectivity index (χ0) is 17.2. The average molecular weight is 314 g/mol. The van der Waals surface area contributed by atoms with E-state index in [4.69, 9.17) is 14.2 Å². The molecule has 0 aliphatic rings. The summed E-state index contributed by atoms with van der Waals surface area (Å²) in [6.07, 6.45) is 4.60. The summed E-state index contributed by atoms with van der Waals surface area (Å²) in [5.74, 6) is -0.146. The molecule has 0 rings (SSSR count). The van der Waals surface area contributed by atoms with Crippen molar-refractivity contribution in [3.05, 3.63) is 12.7 Å². The van der Waals surface area contributed by atoms with Gasteiger partial charge in [0.1, 0.15) is 6.79 Å². The molecular formula is C18H34O4. The molecule has 0 aromatic heterocycles. The van der Waals surface area contributed by atoms with E-state index in [1.54, 1.807) is 7.11 Å². The summed E-state index contributed by atoms with van der Waals surface area (Å²) in [6.45, 7) is 14.7. The Labute approximate surface area is 136 Å². The minimum absolute atomic E-state index is 0.0921. The molecule has 0 saturated carbocycles. The van der Waals surface area contributed by atoms with E-state index in [9.17, 15) is 4.79 Å². The van der Waals surface area contributed by atoms with E-state index in [0.717, 1.165) is 12.8 Å². The van der Waals surface area contributed by atoms with E-state index in [0.29, 0.717) is 19.4 Å². The van der Waals surface area contributed by atoms with Crippen molar-refractivity contribution in [2.45, 2.75) is 66.4 Å². The fourth-order valence-electron chi connectivity index (χ4n) is 2.72. The molecular weight excluding hydrogens is 280 g/mol. The molecule has 0 bridgehead atoms. The Bertz CT molecular complexity index is 332. The van der Waals surface area contributed by atoms with Crippen molar-refractivity contribution >= 4 is 5.97 Å². The molecule has 0 aliphatic heterocycles. The normalized spacial score (nSPS) is 15.9. The minimum Gasteiger partial charge on any atom is -0.466 e. The van der Waals surface area contributed by atoms with Gasteiger partial charge in [-0.25, -0.2) is 0 Å². The molecule has 4 nitrogen and oxygen atoms in total. The van der Waals surface area contributed by atoms with Crippen LogP contribution in [0.5, 0.6) is 0 Å². The van der Waals surface area contributed by atoms with E-state index in [2.05, 4.69) is 34.3 Å². The number of esters is 1. The number of hydrogen-bond donors (Lipinski definition) is 0. The number of carbonyl (C=O) groups is 1. The Balaban J connectivity index is 5.42. The van der Waals surface area contributed by atoms with Gasteiger partial charge in [-0.1, -0.05) is 40.2 Å². The lowest BCUT2D eigenvalue weighted by molar-refractivity contribution is -0.165. The Morgan fingerprint density at radius 1 is 1.27 bits per heavy atom. The summed E-state index contributed by atoms with van der Waals surface area (Å²) >= 11 is 0. The average Bonchev–Trinajstić information content (AvgIpc) is 2.42. The Morgan fingerprint density at radius 3 is 2.32 bits per heavy atom. The maximum Gasteiger partial charge on any atom is 0.312 e. The van der Waals surface area contributed by atoms with E-state index < -0.39 is 5.41 Å². The van der Waals surface area contributed by atoms with Gasteiger partial charge < -0.3 is 14.2 Å². The lowest BCUT2D eigenvalue weighted by atomic mass is 9.71. The summed E-state index contributed by atoms with van der Waals surface area (Å²) in [5.41, 5.74) is -0.663. The molecule has 0 amide bonds. The van der Waals surface area contributed by atoms with E-state index >= 15 is 0 Å². The third-order valence-corrected chi connectivity index (χ3v) is 3.90. The zero-order valence-electron chi connectivity index (χ0n) is 15.2. The highest BCUT2D eigenvalue weighted by atomic mass is 16.7. The predicted octanol–water partition coefficient (Wildman–Crippen LogP) is 4.34. The first-order valence-electron chi connectivity index (χ1n) is 8.16. The van der Waals surface area contributed by atoms with Crippen LogP contribution in [0.4, 0.5) is 0 Å². The predicted molar refractivity (Wildman–Crippen MR) is 89.6 cm³/mol. The molecule has 0 saturated heterocycles. The molecule has 22 heavy (non-hydrogen) atoms. The Morgan fingerprint density at radius 2 is 1.91 bits per heavy atom. The van der Waals surface area contributed by atoms with E-state index in [-0.39, 0.29) is 24.3 Å². The van der Waals surface area contributed by atoms with Crippen molar-refractivity contribution < 1.29 is 19.0 Å². The highest BCUT2D eigenvalue weighted by molar-refractivity contribution is 5.77. The van der Waals surface area contributed by atoms with Crippen LogP contribution in [0.25, 0.3) is 0 Å². The van der Waals surface area contributed by atoms with Gasteiger partial charge in [-0.3, -0.25) is 4.79 Å². The van der Waals surface area contributed by atoms with Crippen molar-refractivity contribution in [2.75, 3.05) is 20.5 Å².